The molecule has 4 aromatic rings. The maximum atomic E-state index is 13.3. The van der Waals surface area contributed by atoms with Crippen LogP contribution in [-0.2, 0) is 11.3 Å². The number of thiazole rings is 1. The summed E-state index contributed by atoms with van der Waals surface area (Å²) in [6.45, 7) is 2.64. The topological polar surface area (TPSA) is 58.7 Å². The Hall–Kier alpha value is -3.03. The SMILES string of the molecule is Cc1c(/C=C2\SC(=N)[C@H](c3nccs3)C2=O)c2ccccc2n1Cc1ccc(F)cc1. The highest BCUT2D eigenvalue weighted by molar-refractivity contribution is 8.19. The molecule has 2 aromatic carbocycles. The van der Waals surface area contributed by atoms with Gasteiger partial charge in [-0.1, -0.05) is 42.1 Å². The quantitative estimate of drug-likeness (QED) is 0.390. The van der Waals surface area contributed by atoms with Gasteiger partial charge in [-0.25, -0.2) is 9.37 Å². The number of carbonyl (C=O) groups excluding carboxylic acids is 1. The average molecular weight is 448 g/mol. The van der Waals surface area contributed by atoms with E-state index in [1.54, 1.807) is 18.3 Å². The van der Waals surface area contributed by atoms with Crippen molar-refractivity contribution in [2.75, 3.05) is 0 Å². The number of benzene rings is 2. The summed E-state index contributed by atoms with van der Waals surface area (Å²) in [6, 6.07) is 14.6. The normalized spacial score (nSPS) is 17.9. The molecule has 0 bridgehead atoms. The molecule has 1 aliphatic rings. The Morgan fingerprint density at radius 2 is 1.97 bits per heavy atom. The van der Waals surface area contributed by atoms with Crippen LogP contribution in [0.1, 0.15) is 27.7 Å². The summed E-state index contributed by atoms with van der Waals surface area (Å²) in [4.78, 5) is 17.9. The van der Waals surface area contributed by atoms with Crippen molar-refractivity contribution in [2.24, 2.45) is 0 Å². The first-order valence-corrected chi connectivity index (χ1v) is 11.5. The largest absolute Gasteiger partial charge is 0.340 e. The van der Waals surface area contributed by atoms with Gasteiger partial charge in [0.1, 0.15) is 16.7 Å². The second kappa shape index (κ2) is 7.90. The lowest BCUT2D eigenvalue weighted by atomic mass is 10.0. The second-order valence-electron chi connectivity index (χ2n) is 7.37. The van der Waals surface area contributed by atoms with Crippen LogP contribution in [0.2, 0.25) is 0 Å². The minimum Gasteiger partial charge on any atom is -0.340 e. The third-order valence-corrected chi connectivity index (χ3v) is 7.33. The number of fused-ring (bicyclic) bond motifs is 1. The van der Waals surface area contributed by atoms with Crippen molar-refractivity contribution in [1.29, 1.82) is 5.41 Å². The molecule has 1 N–H and O–H groups in total. The molecule has 0 amide bonds. The van der Waals surface area contributed by atoms with Crippen LogP contribution in [0.5, 0.6) is 0 Å². The van der Waals surface area contributed by atoms with Crippen LogP contribution in [-0.4, -0.2) is 20.4 Å². The highest BCUT2D eigenvalue weighted by Crippen LogP contribution is 2.42. The number of nitrogens with one attached hydrogen (secondary N) is 1. The number of aromatic nitrogens is 2. The Morgan fingerprint density at radius 3 is 2.71 bits per heavy atom. The van der Waals surface area contributed by atoms with Crippen LogP contribution in [0.4, 0.5) is 4.39 Å². The van der Waals surface area contributed by atoms with Gasteiger partial charge in [0.15, 0.2) is 5.78 Å². The predicted octanol–water partition coefficient (Wildman–Crippen LogP) is 6.01. The Kier molecular flexibility index (Phi) is 5.08. The summed E-state index contributed by atoms with van der Waals surface area (Å²) in [5.74, 6) is -0.916. The average Bonchev–Trinajstić information content (AvgIpc) is 3.44. The lowest BCUT2D eigenvalue weighted by Crippen LogP contribution is -2.11. The summed E-state index contributed by atoms with van der Waals surface area (Å²) in [6.07, 6.45) is 3.58. The minimum absolute atomic E-state index is 0.0697. The van der Waals surface area contributed by atoms with E-state index in [-0.39, 0.29) is 11.6 Å². The van der Waals surface area contributed by atoms with Gasteiger partial charge in [0.05, 0.1) is 9.95 Å². The van der Waals surface area contributed by atoms with Crippen molar-refractivity contribution in [3.63, 3.8) is 0 Å². The lowest BCUT2D eigenvalue weighted by Gasteiger charge is -2.09. The molecule has 0 saturated carbocycles. The molecule has 2 aromatic heterocycles. The number of ketones is 1. The number of carbonyl (C=O) groups is 1. The van der Waals surface area contributed by atoms with Crippen LogP contribution < -0.4 is 0 Å². The fraction of sp³-hybridized carbons (Fsp3) is 0.125. The van der Waals surface area contributed by atoms with Crippen molar-refractivity contribution >= 4 is 50.9 Å². The summed E-state index contributed by atoms with van der Waals surface area (Å²) in [5, 5.41) is 12.2. The Labute approximate surface area is 187 Å². The maximum Gasteiger partial charge on any atom is 0.186 e. The first-order chi connectivity index (χ1) is 15.0. The number of Topliss-reactive ketones (excluding diaryl/α,β-unsaturated/α-hetero) is 1. The molecular weight excluding hydrogens is 429 g/mol. The van der Waals surface area contributed by atoms with Crippen molar-refractivity contribution in [2.45, 2.75) is 19.4 Å². The molecule has 7 heteroatoms. The van der Waals surface area contributed by atoms with E-state index in [9.17, 15) is 9.18 Å². The number of nitrogens with zero attached hydrogens (tertiary/aromatic N) is 2. The first-order valence-electron chi connectivity index (χ1n) is 9.77. The zero-order valence-corrected chi connectivity index (χ0v) is 18.3. The van der Waals surface area contributed by atoms with Gasteiger partial charge < -0.3 is 4.57 Å². The fourth-order valence-corrected chi connectivity index (χ4v) is 5.73. The number of rotatable bonds is 4. The van der Waals surface area contributed by atoms with Crippen LogP contribution in [0.15, 0.2) is 65.0 Å². The Balaban J connectivity index is 1.58. The van der Waals surface area contributed by atoms with E-state index in [4.69, 9.17) is 5.41 Å². The molecule has 1 saturated heterocycles. The number of halogens is 1. The zero-order chi connectivity index (χ0) is 21.5. The number of para-hydroxylation sites is 1. The zero-order valence-electron chi connectivity index (χ0n) is 16.6. The molecule has 154 valence electrons. The first kappa shape index (κ1) is 19.9. The molecule has 4 nitrogen and oxygen atoms in total. The number of thioether (sulfide) groups is 1. The van der Waals surface area contributed by atoms with E-state index in [0.29, 0.717) is 21.5 Å². The number of hydrogen-bond acceptors (Lipinski definition) is 5. The highest BCUT2D eigenvalue weighted by atomic mass is 32.2. The van der Waals surface area contributed by atoms with Crippen LogP contribution in [0.3, 0.4) is 0 Å². The molecule has 0 radical (unpaired) electrons. The summed E-state index contributed by atoms with van der Waals surface area (Å²) in [7, 11) is 0. The third-order valence-electron chi connectivity index (χ3n) is 5.49. The predicted molar refractivity (Wildman–Crippen MR) is 125 cm³/mol. The smallest absolute Gasteiger partial charge is 0.186 e. The molecule has 1 fully saturated rings. The van der Waals surface area contributed by atoms with Crippen molar-refractivity contribution < 1.29 is 9.18 Å². The molecule has 3 heterocycles. The summed E-state index contributed by atoms with van der Waals surface area (Å²) in [5.41, 5.74) is 4.05. The van der Waals surface area contributed by atoms with Gasteiger partial charge in [-0.15, -0.1) is 11.3 Å². The van der Waals surface area contributed by atoms with Gasteiger partial charge in [0.25, 0.3) is 0 Å². The second-order valence-corrected chi connectivity index (χ2v) is 9.38. The van der Waals surface area contributed by atoms with Crippen molar-refractivity contribution in [1.82, 2.24) is 9.55 Å². The van der Waals surface area contributed by atoms with E-state index in [2.05, 4.69) is 15.6 Å². The van der Waals surface area contributed by atoms with Gasteiger partial charge in [-0.3, -0.25) is 10.2 Å². The third kappa shape index (κ3) is 3.54. The van der Waals surface area contributed by atoms with Gasteiger partial charge in [-0.05, 0) is 36.8 Å². The van der Waals surface area contributed by atoms with Gasteiger partial charge >= 0.3 is 0 Å². The molecule has 1 atom stereocenters. The molecule has 1 aliphatic heterocycles. The number of hydrogen-bond donors (Lipinski definition) is 1. The Morgan fingerprint density at radius 1 is 1.19 bits per heavy atom. The molecule has 0 aliphatic carbocycles. The molecule has 31 heavy (non-hydrogen) atoms. The maximum absolute atomic E-state index is 13.3. The standard InChI is InChI=1S/C24H18FN3OS2/c1-14-18(12-20-22(29)21(23(26)31-20)24-27-10-11-30-24)17-4-2-3-5-19(17)28(14)13-15-6-8-16(25)9-7-15/h2-12,21,26H,13H2,1H3/b20-12-,26-23?/t21-/m1/s1. The monoisotopic (exact) mass is 447 g/mol. The van der Waals surface area contributed by atoms with E-state index in [1.807, 2.05) is 36.6 Å². The Bertz CT molecular complexity index is 1340. The van der Waals surface area contributed by atoms with Crippen LogP contribution in [0, 0.1) is 18.2 Å². The van der Waals surface area contributed by atoms with E-state index in [1.165, 1.54) is 35.2 Å². The van der Waals surface area contributed by atoms with Crippen molar-refractivity contribution in [3.8, 4) is 0 Å². The fourth-order valence-electron chi connectivity index (χ4n) is 3.94. The van der Waals surface area contributed by atoms with Crippen LogP contribution in [0.25, 0.3) is 17.0 Å². The number of allylic oxidation sites excluding steroid dienone is 1. The minimum atomic E-state index is -0.593. The van der Waals surface area contributed by atoms with Gasteiger partial charge in [0.2, 0.25) is 0 Å². The van der Waals surface area contributed by atoms with Gasteiger partial charge in [0, 0.05) is 40.3 Å². The summed E-state index contributed by atoms with van der Waals surface area (Å²) < 4.78 is 15.5. The van der Waals surface area contributed by atoms with E-state index in [0.717, 1.165) is 27.7 Å². The lowest BCUT2D eigenvalue weighted by molar-refractivity contribution is -0.114. The molecule has 0 unspecified atom stereocenters. The van der Waals surface area contributed by atoms with Crippen molar-refractivity contribution in [3.05, 3.63) is 92.7 Å². The van der Waals surface area contributed by atoms with Crippen LogP contribution >= 0.6 is 23.1 Å². The molecule has 0 spiro atoms. The van der Waals surface area contributed by atoms with E-state index < -0.39 is 5.92 Å². The highest BCUT2D eigenvalue weighted by Gasteiger charge is 2.38. The van der Waals surface area contributed by atoms with E-state index >= 15 is 0 Å². The molecular formula is C24H18FN3OS2. The summed E-state index contributed by atoms with van der Waals surface area (Å²) >= 11 is 2.62. The molecule has 5 rings (SSSR count). The van der Waals surface area contributed by atoms with Gasteiger partial charge in [-0.2, -0.15) is 0 Å².